The van der Waals surface area contributed by atoms with E-state index in [2.05, 4.69) is 0 Å². The summed E-state index contributed by atoms with van der Waals surface area (Å²) < 4.78 is 5.09. The van der Waals surface area contributed by atoms with Gasteiger partial charge in [0, 0.05) is 25.8 Å². The minimum Gasteiger partial charge on any atom is -0.507 e. The van der Waals surface area contributed by atoms with Crippen molar-refractivity contribution in [2.45, 2.75) is 26.3 Å². The van der Waals surface area contributed by atoms with Crippen molar-refractivity contribution >= 4 is 17.4 Å². The van der Waals surface area contributed by atoms with Crippen molar-refractivity contribution in [3.05, 3.63) is 76.4 Å². The topological polar surface area (TPSA) is 66.8 Å². The van der Waals surface area contributed by atoms with E-state index in [1.54, 1.807) is 19.2 Å². The summed E-state index contributed by atoms with van der Waals surface area (Å²) in [6, 6.07) is 14.3. The van der Waals surface area contributed by atoms with Gasteiger partial charge in [0.05, 0.1) is 11.6 Å². The van der Waals surface area contributed by atoms with Crippen molar-refractivity contribution in [1.82, 2.24) is 4.90 Å². The monoisotopic (exact) mass is 379 g/mol. The number of ether oxygens (including phenoxy) is 1. The maximum Gasteiger partial charge on any atom is 0.295 e. The Labute approximate surface area is 165 Å². The Morgan fingerprint density at radius 2 is 1.57 bits per heavy atom. The highest BCUT2D eigenvalue weighted by Crippen LogP contribution is 2.39. The molecule has 1 amide bonds. The molecule has 0 spiro atoms. The highest BCUT2D eigenvalue weighted by molar-refractivity contribution is 6.46. The number of aryl methyl sites for hydroxylation is 2. The van der Waals surface area contributed by atoms with E-state index in [9.17, 15) is 14.7 Å². The van der Waals surface area contributed by atoms with Gasteiger partial charge in [0.25, 0.3) is 11.7 Å². The van der Waals surface area contributed by atoms with Crippen LogP contribution in [0.2, 0.25) is 0 Å². The molecular formula is C23H25NO4. The third-order valence-electron chi connectivity index (χ3n) is 5.01. The lowest BCUT2D eigenvalue weighted by molar-refractivity contribution is -0.140. The summed E-state index contributed by atoms with van der Waals surface area (Å²) in [5.41, 5.74) is 3.59. The molecular weight excluding hydrogens is 354 g/mol. The first kappa shape index (κ1) is 19.8. The van der Waals surface area contributed by atoms with Gasteiger partial charge in [0.1, 0.15) is 5.76 Å². The Balaban J connectivity index is 2.10. The smallest absolute Gasteiger partial charge is 0.295 e. The van der Waals surface area contributed by atoms with Gasteiger partial charge in [-0.05, 0) is 25.8 Å². The normalized spacial score (nSPS) is 18.7. The van der Waals surface area contributed by atoms with Gasteiger partial charge in [-0.2, -0.15) is 0 Å². The van der Waals surface area contributed by atoms with Crippen LogP contribution in [-0.4, -0.2) is 42.0 Å². The lowest BCUT2D eigenvalue weighted by atomic mass is 9.94. The summed E-state index contributed by atoms with van der Waals surface area (Å²) in [5, 5.41) is 10.9. The first-order chi connectivity index (χ1) is 13.4. The summed E-state index contributed by atoms with van der Waals surface area (Å²) >= 11 is 0. The van der Waals surface area contributed by atoms with Crippen LogP contribution < -0.4 is 0 Å². The molecule has 0 aromatic heterocycles. The van der Waals surface area contributed by atoms with Crippen LogP contribution in [0.3, 0.4) is 0 Å². The quantitative estimate of drug-likeness (QED) is 0.359. The van der Waals surface area contributed by atoms with Crippen LogP contribution in [0.15, 0.2) is 54.1 Å². The van der Waals surface area contributed by atoms with Gasteiger partial charge in [0.2, 0.25) is 0 Å². The highest BCUT2D eigenvalue weighted by Gasteiger charge is 2.45. The molecule has 5 heteroatoms. The molecule has 1 atom stereocenters. The Morgan fingerprint density at radius 1 is 1.00 bits per heavy atom. The van der Waals surface area contributed by atoms with E-state index >= 15 is 0 Å². The summed E-state index contributed by atoms with van der Waals surface area (Å²) in [5.74, 6) is -1.38. The summed E-state index contributed by atoms with van der Waals surface area (Å²) in [4.78, 5) is 27.1. The fourth-order valence-corrected chi connectivity index (χ4v) is 3.45. The first-order valence-electron chi connectivity index (χ1n) is 9.35. The van der Waals surface area contributed by atoms with Crippen molar-refractivity contribution in [3.8, 4) is 0 Å². The number of ketones is 1. The minimum atomic E-state index is -0.652. The number of amides is 1. The van der Waals surface area contributed by atoms with Crippen LogP contribution in [0, 0.1) is 13.8 Å². The van der Waals surface area contributed by atoms with E-state index < -0.39 is 17.7 Å². The number of carbonyl (C=O) groups is 2. The van der Waals surface area contributed by atoms with E-state index in [0.717, 1.165) is 16.7 Å². The molecule has 28 heavy (non-hydrogen) atoms. The van der Waals surface area contributed by atoms with Crippen LogP contribution >= 0.6 is 0 Å². The van der Waals surface area contributed by atoms with Crippen molar-refractivity contribution in [2.75, 3.05) is 20.3 Å². The van der Waals surface area contributed by atoms with E-state index in [1.807, 2.05) is 50.2 Å². The van der Waals surface area contributed by atoms with Gasteiger partial charge in [-0.15, -0.1) is 0 Å². The van der Waals surface area contributed by atoms with E-state index in [4.69, 9.17) is 4.74 Å². The summed E-state index contributed by atoms with van der Waals surface area (Å²) in [6.45, 7) is 4.79. The molecule has 0 saturated carbocycles. The molecule has 1 heterocycles. The molecule has 0 aliphatic carbocycles. The number of aliphatic hydroxyl groups excluding tert-OH is 1. The molecule has 1 aliphatic heterocycles. The predicted molar refractivity (Wildman–Crippen MR) is 108 cm³/mol. The van der Waals surface area contributed by atoms with Gasteiger partial charge in [0.15, 0.2) is 0 Å². The molecule has 0 radical (unpaired) electrons. The van der Waals surface area contributed by atoms with Gasteiger partial charge in [-0.1, -0.05) is 59.7 Å². The Morgan fingerprint density at radius 3 is 2.14 bits per heavy atom. The second-order valence-electron chi connectivity index (χ2n) is 7.12. The molecule has 1 N–H and O–H groups in total. The molecule has 1 saturated heterocycles. The van der Waals surface area contributed by atoms with Crippen molar-refractivity contribution < 1.29 is 19.4 Å². The zero-order valence-electron chi connectivity index (χ0n) is 16.4. The fourth-order valence-electron chi connectivity index (χ4n) is 3.45. The second kappa shape index (κ2) is 8.40. The highest BCUT2D eigenvalue weighted by atomic mass is 16.5. The van der Waals surface area contributed by atoms with Crippen LogP contribution in [0.5, 0.6) is 0 Å². The second-order valence-corrected chi connectivity index (χ2v) is 7.12. The zero-order valence-corrected chi connectivity index (χ0v) is 16.4. The van der Waals surface area contributed by atoms with E-state index in [-0.39, 0.29) is 11.3 Å². The number of aliphatic hydroxyl groups is 1. The number of methoxy groups -OCH3 is 1. The minimum absolute atomic E-state index is 0.134. The molecule has 146 valence electrons. The molecule has 1 fully saturated rings. The van der Waals surface area contributed by atoms with Gasteiger partial charge < -0.3 is 14.7 Å². The van der Waals surface area contributed by atoms with Crippen molar-refractivity contribution in [1.29, 1.82) is 0 Å². The largest absolute Gasteiger partial charge is 0.507 e. The number of hydrogen-bond donors (Lipinski definition) is 1. The number of Topliss-reactive ketones (excluding diaryl/α,β-unsaturated/α-hetero) is 1. The number of carbonyl (C=O) groups excluding carboxylic acids is 2. The Bertz CT molecular complexity index is 897. The molecule has 5 nitrogen and oxygen atoms in total. The van der Waals surface area contributed by atoms with Gasteiger partial charge in [-0.3, -0.25) is 9.59 Å². The number of hydrogen-bond acceptors (Lipinski definition) is 4. The van der Waals surface area contributed by atoms with E-state index in [0.29, 0.717) is 25.1 Å². The van der Waals surface area contributed by atoms with Crippen LogP contribution in [0.25, 0.3) is 5.76 Å². The number of benzene rings is 2. The van der Waals surface area contributed by atoms with E-state index in [1.165, 1.54) is 4.90 Å². The molecule has 1 aliphatic rings. The number of likely N-dealkylation sites (tertiary alicyclic amines) is 1. The third-order valence-corrected chi connectivity index (χ3v) is 5.01. The standard InChI is InChI=1S/C23H25NO4/c1-15-5-9-17(10-6-15)20-19(21(25)18-11-7-16(2)8-12-18)22(26)23(27)24(20)13-4-14-28-3/h5-12,20,25H,4,13-14H2,1-3H3/t20-/m1/s1. The molecule has 2 aromatic carbocycles. The number of nitrogens with zero attached hydrogens (tertiary/aromatic N) is 1. The van der Waals surface area contributed by atoms with Crippen LogP contribution in [-0.2, 0) is 14.3 Å². The lowest BCUT2D eigenvalue weighted by Crippen LogP contribution is -2.31. The average Bonchev–Trinajstić information content (AvgIpc) is 2.94. The van der Waals surface area contributed by atoms with Crippen LogP contribution in [0.4, 0.5) is 0 Å². The fraction of sp³-hybridized carbons (Fsp3) is 0.304. The van der Waals surface area contributed by atoms with Gasteiger partial charge >= 0.3 is 0 Å². The molecule has 0 bridgehead atoms. The summed E-state index contributed by atoms with van der Waals surface area (Å²) in [7, 11) is 1.60. The maximum atomic E-state index is 12.8. The number of rotatable bonds is 6. The molecule has 0 unspecified atom stereocenters. The SMILES string of the molecule is COCCCN1C(=O)C(=O)C(=C(O)c2ccc(C)cc2)[C@H]1c1ccc(C)cc1. The summed E-state index contributed by atoms with van der Waals surface area (Å²) in [6.07, 6.45) is 0.608. The maximum absolute atomic E-state index is 12.8. The predicted octanol–water partition coefficient (Wildman–Crippen LogP) is 3.76. The molecule has 2 aromatic rings. The Kier molecular flexibility index (Phi) is 5.95. The lowest BCUT2D eigenvalue weighted by Gasteiger charge is -2.25. The van der Waals surface area contributed by atoms with Gasteiger partial charge in [-0.25, -0.2) is 0 Å². The average molecular weight is 379 g/mol. The Hall–Kier alpha value is -2.92. The first-order valence-corrected chi connectivity index (χ1v) is 9.35. The third kappa shape index (κ3) is 3.85. The zero-order chi connectivity index (χ0) is 20.3. The van der Waals surface area contributed by atoms with Crippen LogP contribution in [0.1, 0.15) is 34.7 Å². The molecule has 3 rings (SSSR count). The van der Waals surface area contributed by atoms with Crippen molar-refractivity contribution in [2.24, 2.45) is 0 Å². The van der Waals surface area contributed by atoms with Crippen molar-refractivity contribution in [3.63, 3.8) is 0 Å².